The van der Waals surface area contributed by atoms with Crippen molar-refractivity contribution in [1.29, 1.82) is 0 Å². The number of rotatable bonds is 7. The first-order valence-electron chi connectivity index (χ1n) is 9.91. The van der Waals surface area contributed by atoms with E-state index in [0.29, 0.717) is 32.1 Å². The molecule has 0 N–H and O–H groups in total. The number of carbonyl (C=O) groups is 2. The molecule has 0 radical (unpaired) electrons. The first-order valence-corrected chi connectivity index (χ1v) is 9.91. The van der Waals surface area contributed by atoms with E-state index in [9.17, 15) is 9.59 Å². The van der Waals surface area contributed by atoms with Gasteiger partial charge < -0.3 is 19.3 Å². The lowest BCUT2D eigenvalue weighted by molar-refractivity contribution is -0.132. The van der Waals surface area contributed by atoms with Crippen LogP contribution in [0.1, 0.15) is 24.0 Å². The molecule has 2 aromatic carbocycles. The number of benzene rings is 2. The summed E-state index contributed by atoms with van der Waals surface area (Å²) in [5, 5.41) is 0. The first-order chi connectivity index (χ1) is 13.9. The molecule has 0 unspecified atom stereocenters. The van der Waals surface area contributed by atoms with Crippen molar-refractivity contribution in [2.45, 2.75) is 26.7 Å². The topological polar surface area (TPSA) is 59.1 Å². The first kappa shape index (κ1) is 20.7. The van der Waals surface area contributed by atoms with E-state index in [1.54, 1.807) is 16.8 Å². The maximum atomic E-state index is 12.6. The molecule has 1 aliphatic rings. The monoisotopic (exact) mass is 396 g/mol. The molecule has 2 amide bonds. The third kappa shape index (κ3) is 5.50. The summed E-state index contributed by atoms with van der Waals surface area (Å²) in [5.74, 6) is 1.39. The Labute approximate surface area is 172 Å². The van der Waals surface area contributed by atoms with E-state index >= 15 is 0 Å². The van der Waals surface area contributed by atoms with E-state index in [2.05, 4.69) is 6.07 Å². The van der Waals surface area contributed by atoms with Crippen LogP contribution in [0.15, 0.2) is 42.5 Å². The molecule has 0 fully saturated rings. The van der Waals surface area contributed by atoms with Gasteiger partial charge in [0, 0.05) is 19.9 Å². The normalized spacial score (nSPS) is 12.7. The molecule has 2 aromatic rings. The zero-order valence-electron chi connectivity index (χ0n) is 17.3. The minimum absolute atomic E-state index is 0.0611. The van der Waals surface area contributed by atoms with Crippen molar-refractivity contribution in [1.82, 2.24) is 4.90 Å². The summed E-state index contributed by atoms with van der Waals surface area (Å²) >= 11 is 0. The number of anilines is 1. The van der Waals surface area contributed by atoms with Gasteiger partial charge in [-0.3, -0.25) is 9.59 Å². The van der Waals surface area contributed by atoms with Crippen molar-refractivity contribution < 1.29 is 19.1 Å². The van der Waals surface area contributed by atoms with Crippen LogP contribution in [0.4, 0.5) is 5.69 Å². The Balaban J connectivity index is 1.45. The molecule has 0 spiro atoms. The van der Waals surface area contributed by atoms with Gasteiger partial charge in [0.1, 0.15) is 24.7 Å². The minimum Gasteiger partial charge on any atom is -0.492 e. The van der Waals surface area contributed by atoms with Gasteiger partial charge in [-0.25, -0.2) is 0 Å². The Morgan fingerprint density at radius 2 is 1.83 bits per heavy atom. The van der Waals surface area contributed by atoms with E-state index in [4.69, 9.17) is 9.47 Å². The van der Waals surface area contributed by atoms with Crippen molar-refractivity contribution in [2.24, 2.45) is 0 Å². The Morgan fingerprint density at radius 3 is 2.59 bits per heavy atom. The molecule has 6 nitrogen and oxygen atoms in total. The zero-order chi connectivity index (χ0) is 20.8. The summed E-state index contributed by atoms with van der Waals surface area (Å²) in [5.41, 5.74) is 3.06. The zero-order valence-corrected chi connectivity index (χ0v) is 17.3. The maximum Gasteiger partial charge on any atom is 0.227 e. The minimum atomic E-state index is -0.0658. The number of nitrogens with zero attached hydrogens (tertiary/aromatic N) is 2. The molecule has 29 heavy (non-hydrogen) atoms. The van der Waals surface area contributed by atoms with E-state index in [0.717, 1.165) is 22.6 Å². The van der Waals surface area contributed by atoms with Crippen LogP contribution in [-0.4, -0.2) is 50.1 Å². The highest BCUT2D eigenvalue weighted by atomic mass is 16.5. The van der Waals surface area contributed by atoms with Crippen LogP contribution in [0, 0.1) is 13.8 Å². The average Bonchev–Trinajstić information content (AvgIpc) is 2.70. The lowest BCUT2D eigenvalue weighted by atomic mass is 10.1. The lowest BCUT2D eigenvalue weighted by Gasteiger charge is -2.29. The molecule has 154 valence electrons. The summed E-state index contributed by atoms with van der Waals surface area (Å²) in [6.07, 6.45) is 0.355. The third-order valence-electron chi connectivity index (χ3n) is 4.90. The summed E-state index contributed by atoms with van der Waals surface area (Å²) < 4.78 is 11.3. The number of ether oxygens (including phenoxy) is 2. The molecule has 1 heterocycles. The second-order valence-corrected chi connectivity index (χ2v) is 7.35. The van der Waals surface area contributed by atoms with E-state index in [-0.39, 0.29) is 24.7 Å². The number of aryl methyl sites for hydroxylation is 2. The molecular formula is C23H28N2O4. The largest absolute Gasteiger partial charge is 0.492 e. The van der Waals surface area contributed by atoms with Crippen LogP contribution in [0.5, 0.6) is 11.5 Å². The van der Waals surface area contributed by atoms with Gasteiger partial charge in [0.15, 0.2) is 0 Å². The maximum absolute atomic E-state index is 12.6. The SMILES string of the molecule is Cc1cc(C)cc(OCCN(C)C(=O)CCC(=O)N2CCOc3ccccc32)c1. The number of amides is 2. The number of hydrogen-bond acceptors (Lipinski definition) is 4. The second kappa shape index (κ2) is 9.45. The molecule has 0 bridgehead atoms. The van der Waals surface area contributed by atoms with E-state index < -0.39 is 0 Å². The van der Waals surface area contributed by atoms with Gasteiger partial charge in [-0.1, -0.05) is 18.2 Å². The summed E-state index contributed by atoms with van der Waals surface area (Å²) in [6.45, 7) is 5.91. The Bertz CT molecular complexity index is 861. The van der Waals surface area contributed by atoms with Crippen LogP contribution in [0.25, 0.3) is 0 Å². The fourth-order valence-corrected chi connectivity index (χ4v) is 3.41. The van der Waals surface area contributed by atoms with Crippen LogP contribution < -0.4 is 14.4 Å². The molecule has 0 saturated carbocycles. The quantitative estimate of drug-likeness (QED) is 0.720. The number of carbonyl (C=O) groups excluding carboxylic acids is 2. The van der Waals surface area contributed by atoms with E-state index in [1.807, 2.05) is 50.2 Å². The molecule has 0 saturated heterocycles. The molecule has 6 heteroatoms. The van der Waals surface area contributed by atoms with Crippen LogP contribution in [0.2, 0.25) is 0 Å². The summed E-state index contributed by atoms with van der Waals surface area (Å²) in [6, 6.07) is 13.5. The van der Waals surface area contributed by atoms with Crippen molar-refractivity contribution in [3.63, 3.8) is 0 Å². The van der Waals surface area contributed by atoms with Crippen molar-refractivity contribution in [2.75, 3.05) is 38.3 Å². The number of likely N-dealkylation sites (N-methyl/N-ethyl adjacent to an activating group) is 1. The van der Waals surface area contributed by atoms with Crippen LogP contribution in [0.3, 0.4) is 0 Å². The van der Waals surface area contributed by atoms with Gasteiger partial charge >= 0.3 is 0 Å². The standard InChI is InChI=1S/C23H28N2O4/c1-17-14-18(2)16-19(15-17)28-12-10-24(3)22(26)8-9-23(27)25-11-13-29-21-7-5-4-6-20(21)25/h4-7,14-16H,8-13H2,1-3H3. The fraction of sp³-hybridized carbons (Fsp3) is 0.391. The Hall–Kier alpha value is -3.02. The Morgan fingerprint density at radius 1 is 1.10 bits per heavy atom. The highest BCUT2D eigenvalue weighted by Crippen LogP contribution is 2.31. The molecular weight excluding hydrogens is 368 g/mol. The average molecular weight is 396 g/mol. The number of fused-ring (bicyclic) bond motifs is 1. The van der Waals surface area contributed by atoms with E-state index in [1.165, 1.54) is 0 Å². The highest BCUT2D eigenvalue weighted by Gasteiger charge is 2.24. The predicted octanol–water partition coefficient (Wildman–Crippen LogP) is 3.35. The Kier molecular flexibility index (Phi) is 6.75. The van der Waals surface area contributed by atoms with Gasteiger partial charge in [-0.05, 0) is 49.2 Å². The van der Waals surface area contributed by atoms with Gasteiger partial charge in [0.2, 0.25) is 11.8 Å². The molecule has 3 rings (SSSR count). The highest BCUT2D eigenvalue weighted by molar-refractivity contribution is 5.97. The lowest BCUT2D eigenvalue weighted by Crippen LogP contribution is -2.39. The number of para-hydroxylation sites is 2. The molecule has 1 aliphatic heterocycles. The van der Waals surface area contributed by atoms with Gasteiger partial charge in [-0.2, -0.15) is 0 Å². The van der Waals surface area contributed by atoms with Gasteiger partial charge in [-0.15, -0.1) is 0 Å². The van der Waals surface area contributed by atoms with Gasteiger partial charge in [0.25, 0.3) is 0 Å². The fourth-order valence-electron chi connectivity index (χ4n) is 3.41. The molecule has 0 aromatic heterocycles. The van der Waals surface area contributed by atoms with Crippen LogP contribution >= 0.6 is 0 Å². The van der Waals surface area contributed by atoms with Crippen molar-refractivity contribution >= 4 is 17.5 Å². The molecule has 0 atom stereocenters. The predicted molar refractivity (Wildman–Crippen MR) is 113 cm³/mol. The second-order valence-electron chi connectivity index (χ2n) is 7.35. The molecule has 0 aliphatic carbocycles. The van der Waals surface area contributed by atoms with Crippen molar-refractivity contribution in [3.05, 3.63) is 53.6 Å². The third-order valence-corrected chi connectivity index (χ3v) is 4.90. The summed E-state index contributed by atoms with van der Waals surface area (Å²) in [4.78, 5) is 28.3. The summed E-state index contributed by atoms with van der Waals surface area (Å²) in [7, 11) is 1.74. The van der Waals surface area contributed by atoms with Gasteiger partial charge in [0.05, 0.1) is 18.8 Å². The smallest absolute Gasteiger partial charge is 0.227 e. The van der Waals surface area contributed by atoms with Crippen molar-refractivity contribution in [3.8, 4) is 11.5 Å². The number of hydrogen-bond donors (Lipinski definition) is 0. The van der Waals surface area contributed by atoms with Crippen LogP contribution in [-0.2, 0) is 9.59 Å².